The maximum absolute atomic E-state index is 8.92. The van der Waals surface area contributed by atoms with E-state index in [0.29, 0.717) is 6.04 Å². The predicted octanol–water partition coefficient (Wildman–Crippen LogP) is 3.85. The van der Waals surface area contributed by atoms with Gasteiger partial charge in [-0.25, -0.2) is 0 Å². The lowest BCUT2D eigenvalue weighted by atomic mass is 9.79. The molecule has 2 rings (SSSR count). The van der Waals surface area contributed by atoms with Gasteiger partial charge in [0.2, 0.25) is 0 Å². The third kappa shape index (κ3) is 4.24. The molecule has 1 saturated carbocycles. The number of aliphatic hydroxyl groups is 1. The average molecular weight is 261 g/mol. The van der Waals surface area contributed by atoms with Crippen molar-refractivity contribution in [2.24, 2.45) is 11.8 Å². The molecular formula is C17H27NO. The lowest BCUT2D eigenvalue weighted by Gasteiger charge is -2.32. The van der Waals surface area contributed by atoms with Gasteiger partial charge in [0, 0.05) is 18.3 Å². The van der Waals surface area contributed by atoms with Crippen molar-refractivity contribution in [3.8, 4) is 0 Å². The third-order valence-electron chi connectivity index (χ3n) is 4.38. The Kier molecular flexibility index (Phi) is 5.26. The fourth-order valence-corrected chi connectivity index (χ4v) is 3.10. The normalized spacial score (nSPS) is 23.6. The number of nitrogens with one attached hydrogen (secondary N) is 1. The molecule has 2 unspecified atom stereocenters. The van der Waals surface area contributed by atoms with Gasteiger partial charge in [0.15, 0.2) is 0 Å². The summed E-state index contributed by atoms with van der Waals surface area (Å²) < 4.78 is 0. The summed E-state index contributed by atoms with van der Waals surface area (Å²) >= 11 is 0. The van der Waals surface area contributed by atoms with Gasteiger partial charge in [0.25, 0.3) is 0 Å². The SMILES string of the molecule is CC(C)C1CCCC(Nc2ccc(CCO)cc2)C1. The third-order valence-corrected chi connectivity index (χ3v) is 4.38. The molecule has 0 radical (unpaired) electrons. The molecule has 0 aliphatic heterocycles. The molecule has 2 nitrogen and oxygen atoms in total. The Morgan fingerprint density at radius 1 is 1.21 bits per heavy atom. The van der Waals surface area contributed by atoms with Gasteiger partial charge in [0.1, 0.15) is 0 Å². The monoisotopic (exact) mass is 261 g/mol. The molecule has 0 heterocycles. The number of anilines is 1. The second kappa shape index (κ2) is 6.95. The van der Waals surface area contributed by atoms with E-state index < -0.39 is 0 Å². The van der Waals surface area contributed by atoms with Crippen molar-refractivity contribution in [3.05, 3.63) is 29.8 Å². The minimum atomic E-state index is 0.228. The highest BCUT2D eigenvalue weighted by Crippen LogP contribution is 2.31. The molecule has 1 fully saturated rings. The summed E-state index contributed by atoms with van der Waals surface area (Å²) in [5.41, 5.74) is 2.42. The fourth-order valence-electron chi connectivity index (χ4n) is 3.10. The predicted molar refractivity (Wildman–Crippen MR) is 81.4 cm³/mol. The zero-order valence-corrected chi connectivity index (χ0v) is 12.2. The number of aliphatic hydroxyl groups excluding tert-OH is 1. The van der Waals surface area contributed by atoms with E-state index >= 15 is 0 Å². The summed E-state index contributed by atoms with van der Waals surface area (Å²) in [6, 6.07) is 9.14. The van der Waals surface area contributed by atoms with Crippen LogP contribution in [0.1, 0.15) is 45.1 Å². The van der Waals surface area contributed by atoms with Crippen molar-refractivity contribution in [3.63, 3.8) is 0 Å². The Balaban J connectivity index is 1.89. The van der Waals surface area contributed by atoms with Crippen LogP contribution in [0, 0.1) is 11.8 Å². The van der Waals surface area contributed by atoms with Crippen LogP contribution in [0.25, 0.3) is 0 Å². The first kappa shape index (κ1) is 14.4. The lowest BCUT2D eigenvalue weighted by Crippen LogP contribution is -2.29. The van der Waals surface area contributed by atoms with Crippen molar-refractivity contribution < 1.29 is 5.11 Å². The molecule has 1 aromatic rings. The first-order valence-electron chi connectivity index (χ1n) is 7.65. The highest BCUT2D eigenvalue weighted by molar-refractivity contribution is 5.45. The van der Waals surface area contributed by atoms with E-state index in [1.165, 1.54) is 36.9 Å². The minimum absolute atomic E-state index is 0.228. The number of hydrogen-bond donors (Lipinski definition) is 2. The Labute approximate surface area is 117 Å². The molecule has 19 heavy (non-hydrogen) atoms. The van der Waals surface area contributed by atoms with Gasteiger partial charge < -0.3 is 10.4 Å². The summed E-state index contributed by atoms with van der Waals surface area (Å²) in [5.74, 6) is 1.68. The van der Waals surface area contributed by atoms with E-state index in [0.717, 1.165) is 18.3 Å². The Morgan fingerprint density at radius 3 is 2.58 bits per heavy atom. The van der Waals surface area contributed by atoms with Gasteiger partial charge in [-0.2, -0.15) is 0 Å². The zero-order chi connectivity index (χ0) is 13.7. The van der Waals surface area contributed by atoms with Gasteiger partial charge in [-0.3, -0.25) is 0 Å². The summed E-state index contributed by atoms with van der Waals surface area (Å²) in [6.45, 7) is 4.92. The van der Waals surface area contributed by atoms with E-state index in [9.17, 15) is 0 Å². The summed E-state index contributed by atoms with van der Waals surface area (Å²) in [6.07, 6.45) is 6.09. The second-order valence-electron chi connectivity index (χ2n) is 6.18. The van der Waals surface area contributed by atoms with Crippen LogP contribution >= 0.6 is 0 Å². The first-order valence-corrected chi connectivity index (χ1v) is 7.65. The maximum atomic E-state index is 8.92. The van der Waals surface area contributed by atoms with Crippen LogP contribution in [0.3, 0.4) is 0 Å². The first-order chi connectivity index (χ1) is 9.19. The van der Waals surface area contributed by atoms with E-state index in [1.807, 2.05) is 0 Å². The van der Waals surface area contributed by atoms with Crippen molar-refractivity contribution in [2.45, 2.75) is 52.0 Å². The summed E-state index contributed by atoms with van der Waals surface area (Å²) in [4.78, 5) is 0. The van der Waals surface area contributed by atoms with Gasteiger partial charge in [-0.05, 0) is 48.8 Å². The molecule has 0 spiro atoms. The highest BCUT2D eigenvalue weighted by Gasteiger charge is 2.23. The van der Waals surface area contributed by atoms with Crippen molar-refractivity contribution in [1.82, 2.24) is 0 Å². The van der Waals surface area contributed by atoms with Crippen LogP contribution in [0.15, 0.2) is 24.3 Å². The fraction of sp³-hybridized carbons (Fsp3) is 0.647. The van der Waals surface area contributed by atoms with E-state index in [-0.39, 0.29) is 6.61 Å². The van der Waals surface area contributed by atoms with Crippen LogP contribution in [0.5, 0.6) is 0 Å². The van der Waals surface area contributed by atoms with Crippen LogP contribution in [-0.2, 0) is 6.42 Å². The van der Waals surface area contributed by atoms with Crippen LogP contribution < -0.4 is 5.32 Å². The topological polar surface area (TPSA) is 32.3 Å². The van der Waals surface area contributed by atoms with Gasteiger partial charge in [-0.15, -0.1) is 0 Å². The molecule has 2 heteroatoms. The molecule has 2 atom stereocenters. The molecule has 0 saturated heterocycles. The van der Waals surface area contributed by atoms with Gasteiger partial charge in [0.05, 0.1) is 0 Å². The zero-order valence-electron chi connectivity index (χ0n) is 12.2. The lowest BCUT2D eigenvalue weighted by molar-refractivity contribution is 0.264. The van der Waals surface area contributed by atoms with Crippen LogP contribution in [0.2, 0.25) is 0 Å². The largest absolute Gasteiger partial charge is 0.396 e. The van der Waals surface area contributed by atoms with Crippen LogP contribution in [0.4, 0.5) is 5.69 Å². The van der Waals surface area contributed by atoms with Gasteiger partial charge >= 0.3 is 0 Å². The molecule has 1 aliphatic rings. The Bertz CT molecular complexity index is 371. The summed E-state index contributed by atoms with van der Waals surface area (Å²) in [7, 11) is 0. The van der Waals surface area contributed by atoms with E-state index in [4.69, 9.17) is 5.11 Å². The number of benzene rings is 1. The minimum Gasteiger partial charge on any atom is -0.396 e. The molecule has 0 aromatic heterocycles. The Hall–Kier alpha value is -1.02. The smallest absolute Gasteiger partial charge is 0.0471 e. The molecular weight excluding hydrogens is 234 g/mol. The van der Waals surface area contributed by atoms with Crippen molar-refractivity contribution in [1.29, 1.82) is 0 Å². The molecule has 0 bridgehead atoms. The van der Waals surface area contributed by atoms with Crippen molar-refractivity contribution in [2.75, 3.05) is 11.9 Å². The molecule has 106 valence electrons. The molecule has 0 amide bonds. The van der Waals surface area contributed by atoms with Crippen LogP contribution in [-0.4, -0.2) is 17.8 Å². The molecule has 2 N–H and O–H groups in total. The number of hydrogen-bond acceptors (Lipinski definition) is 2. The molecule has 1 aliphatic carbocycles. The average Bonchev–Trinajstić information content (AvgIpc) is 2.42. The van der Waals surface area contributed by atoms with Gasteiger partial charge in [-0.1, -0.05) is 38.8 Å². The maximum Gasteiger partial charge on any atom is 0.0471 e. The van der Waals surface area contributed by atoms with E-state index in [1.54, 1.807) is 0 Å². The Morgan fingerprint density at radius 2 is 1.95 bits per heavy atom. The summed E-state index contributed by atoms with van der Waals surface area (Å²) in [5, 5.41) is 12.6. The number of rotatable bonds is 5. The van der Waals surface area contributed by atoms with Crippen molar-refractivity contribution >= 4 is 5.69 Å². The standard InChI is InChI=1S/C17H27NO/c1-13(2)15-4-3-5-17(12-15)18-16-8-6-14(7-9-16)10-11-19/h6-9,13,15,17-19H,3-5,10-12H2,1-2H3. The van der Waals surface area contributed by atoms with E-state index in [2.05, 4.69) is 43.4 Å². The second-order valence-corrected chi connectivity index (χ2v) is 6.18. The molecule has 1 aromatic carbocycles. The quantitative estimate of drug-likeness (QED) is 0.844. The highest BCUT2D eigenvalue weighted by atomic mass is 16.2.